The second kappa shape index (κ2) is 6.19. The van der Waals surface area contributed by atoms with Gasteiger partial charge in [-0.15, -0.1) is 11.3 Å². The highest BCUT2D eigenvalue weighted by Crippen LogP contribution is 2.28. The Morgan fingerprint density at radius 1 is 1.33 bits per heavy atom. The van der Waals surface area contributed by atoms with Crippen LogP contribution in [0, 0.1) is 6.92 Å². The largest absolute Gasteiger partial charge is 0.451 e. The lowest BCUT2D eigenvalue weighted by Crippen LogP contribution is -2.20. The average Bonchev–Trinajstić information content (AvgIpc) is 2.72. The number of nitrogens with zero attached hydrogens (tertiary/aromatic N) is 2. The van der Waals surface area contributed by atoms with Gasteiger partial charge in [0.2, 0.25) is 5.82 Å². The van der Waals surface area contributed by atoms with E-state index in [4.69, 9.17) is 11.6 Å². The Kier molecular flexibility index (Phi) is 4.73. The molecule has 114 valence electrons. The molecule has 21 heavy (non-hydrogen) atoms. The van der Waals surface area contributed by atoms with Crippen molar-refractivity contribution in [3.63, 3.8) is 0 Å². The van der Waals surface area contributed by atoms with E-state index in [0.717, 1.165) is 4.88 Å². The zero-order valence-electron chi connectivity index (χ0n) is 11.3. The number of alkyl halides is 3. The number of thiophene rings is 1. The molecule has 2 aromatic heterocycles. The van der Waals surface area contributed by atoms with Crippen molar-refractivity contribution in [2.24, 2.45) is 0 Å². The first-order valence-corrected chi connectivity index (χ1v) is 7.37. The summed E-state index contributed by atoms with van der Waals surface area (Å²) in [4.78, 5) is 9.01. The number of aryl methyl sites for hydroxylation is 1. The van der Waals surface area contributed by atoms with Crippen LogP contribution in [0.1, 0.15) is 22.5 Å². The molecule has 0 amide bonds. The van der Waals surface area contributed by atoms with Gasteiger partial charge in [0.15, 0.2) is 0 Å². The van der Waals surface area contributed by atoms with Gasteiger partial charge in [-0.2, -0.15) is 13.2 Å². The van der Waals surface area contributed by atoms with E-state index < -0.39 is 12.0 Å². The molecule has 1 N–H and O–H groups in total. The van der Waals surface area contributed by atoms with E-state index >= 15 is 0 Å². The van der Waals surface area contributed by atoms with Crippen LogP contribution in [0.2, 0.25) is 5.15 Å². The van der Waals surface area contributed by atoms with Crippen molar-refractivity contribution < 1.29 is 13.2 Å². The summed E-state index contributed by atoms with van der Waals surface area (Å²) in [5.74, 6) is -1.17. The standard InChI is InChI=1S/C13H13ClF3N3S/c1-7(5-9-4-3-8(2)21-9)18-11-6-10(14)19-12(20-11)13(15,16)17/h3-4,6-7H,5H2,1-2H3,(H,18,19,20). The number of anilines is 1. The molecule has 0 saturated heterocycles. The van der Waals surface area contributed by atoms with Crippen LogP contribution in [0.25, 0.3) is 0 Å². The molecule has 3 nitrogen and oxygen atoms in total. The molecule has 1 unspecified atom stereocenters. The lowest BCUT2D eigenvalue weighted by Gasteiger charge is -2.15. The average molecular weight is 336 g/mol. The van der Waals surface area contributed by atoms with Gasteiger partial charge in [0.05, 0.1) is 0 Å². The molecule has 0 fully saturated rings. The lowest BCUT2D eigenvalue weighted by molar-refractivity contribution is -0.144. The van der Waals surface area contributed by atoms with Crippen LogP contribution < -0.4 is 5.32 Å². The molecule has 2 aromatic rings. The highest BCUT2D eigenvalue weighted by atomic mass is 35.5. The Hall–Kier alpha value is -1.34. The van der Waals surface area contributed by atoms with Crippen LogP contribution >= 0.6 is 22.9 Å². The van der Waals surface area contributed by atoms with Crippen molar-refractivity contribution >= 4 is 28.8 Å². The first kappa shape index (κ1) is 16.0. The fourth-order valence-electron chi connectivity index (χ4n) is 1.82. The minimum absolute atomic E-state index is 0.0723. The third-order valence-corrected chi connectivity index (χ3v) is 3.86. The predicted octanol–water partition coefficient (Wildman–Crippen LogP) is 4.56. The maximum Gasteiger partial charge on any atom is 0.451 e. The van der Waals surface area contributed by atoms with Crippen LogP contribution in [0.5, 0.6) is 0 Å². The molecular formula is C13H13ClF3N3S. The van der Waals surface area contributed by atoms with Crippen LogP contribution in [0.15, 0.2) is 18.2 Å². The highest BCUT2D eigenvalue weighted by Gasteiger charge is 2.35. The van der Waals surface area contributed by atoms with Crippen molar-refractivity contribution in [1.29, 1.82) is 0 Å². The van der Waals surface area contributed by atoms with Crippen molar-refractivity contribution in [1.82, 2.24) is 9.97 Å². The molecule has 1 atom stereocenters. The summed E-state index contributed by atoms with van der Waals surface area (Å²) < 4.78 is 37.9. The molecule has 2 rings (SSSR count). The molecule has 0 spiro atoms. The zero-order chi connectivity index (χ0) is 15.6. The van der Waals surface area contributed by atoms with E-state index in [0.29, 0.717) is 6.42 Å². The minimum Gasteiger partial charge on any atom is -0.367 e. The highest BCUT2D eigenvalue weighted by molar-refractivity contribution is 7.11. The summed E-state index contributed by atoms with van der Waals surface area (Å²) in [6.45, 7) is 3.88. The van der Waals surface area contributed by atoms with Gasteiger partial charge in [0.1, 0.15) is 11.0 Å². The molecule has 0 bridgehead atoms. The number of aromatic nitrogens is 2. The van der Waals surface area contributed by atoms with Gasteiger partial charge < -0.3 is 5.32 Å². The summed E-state index contributed by atoms with van der Waals surface area (Å²) in [5, 5.41) is 2.69. The quantitative estimate of drug-likeness (QED) is 0.832. The van der Waals surface area contributed by atoms with Crippen LogP contribution in [0.4, 0.5) is 19.0 Å². The number of rotatable bonds is 4. The fraction of sp³-hybridized carbons (Fsp3) is 0.385. The summed E-state index contributed by atoms with van der Waals surface area (Å²) in [6.07, 6.45) is -3.92. The molecule has 0 aliphatic heterocycles. The Morgan fingerprint density at radius 3 is 2.62 bits per heavy atom. The maximum atomic E-state index is 12.6. The Bertz CT molecular complexity index is 627. The summed E-state index contributed by atoms with van der Waals surface area (Å²) >= 11 is 7.27. The number of nitrogens with one attached hydrogen (secondary N) is 1. The molecule has 0 aromatic carbocycles. The monoisotopic (exact) mass is 335 g/mol. The Morgan fingerprint density at radius 2 is 2.05 bits per heavy atom. The van der Waals surface area contributed by atoms with Gasteiger partial charge in [-0.25, -0.2) is 9.97 Å². The van der Waals surface area contributed by atoms with Gasteiger partial charge in [-0.1, -0.05) is 11.6 Å². The normalized spacial score (nSPS) is 13.2. The Labute approximate surface area is 129 Å². The van der Waals surface area contributed by atoms with E-state index in [2.05, 4.69) is 15.3 Å². The topological polar surface area (TPSA) is 37.8 Å². The van der Waals surface area contributed by atoms with Crippen LogP contribution in [-0.4, -0.2) is 16.0 Å². The Balaban J connectivity index is 2.10. The number of hydrogen-bond acceptors (Lipinski definition) is 4. The number of halogens is 4. The molecule has 0 saturated carbocycles. The lowest BCUT2D eigenvalue weighted by atomic mass is 10.2. The smallest absolute Gasteiger partial charge is 0.367 e. The van der Waals surface area contributed by atoms with E-state index in [1.807, 2.05) is 26.0 Å². The summed E-state index contributed by atoms with van der Waals surface area (Å²) in [5.41, 5.74) is 0. The van der Waals surface area contributed by atoms with E-state index in [-0.39, 0.29) is 17.0 Å². The molecular weight excluding hydrogens is 323 g/mol. The predicted molar refractivity (Wildman–Crippen MR) is 77.9 cm³/mol. The van der Waals surface area contributed by atoms with Crippen molar-refractivity contribution in [3.05, 3.63) is 38.9 Å². The van der Waals surface area contributed by atoms with Crippen LogP contribution in [0.3, 0.4) is 0 Å². The summed E-state index contributed by atoms with van der Waals surface area (Å²) in [6, 6.07) is 5.23. The maximum absolute atomic E-state index is 12.6. The van der Waals surface area contributed by atoms with E-state index in [9.17, 15) is 13.2 Å². The SMILES string of the molecule is Cc1ccc(CC(C)Nc2cc(Cl)nc(C(F)(F)F)n2)s1. The molecule has 8 heteroatoms. The molecule has 0 radical (unpaired) electrons. The summed E-state index contributed by atoms with van der Waals surface area (Å²) in [7, 11) is 0. The number of hydrogen-bond donors (Lipinski definition) is 1. The zero-order valence-corrected chi connectivity index (χ0v) is 12.9. The third-order valence-electron chi connectivity index (χ3n) is 2.65. The molecule has 2 heterocycles. The molecule has 0 aliphatic rings. The van der Waals surface area contributed by atoms with Gasteiger partial charge >= 0.3 is 6.18 Å². The van der Waals surface area contributed by atoms with Gasteiger partial charge in [-0.3, -0.25) is 0 Å². The van der Waals surface area contributed by atoms with Crippen molar-refractivity contribution in [2.75, 3.05) is 5.32 Å². The van der Waals surface area contributed by atoms with Gasteiger partial charge in [0, 0.05) is 28.3 Å². The minimum atomic E-state index is -4.62. The van der Waals surface area contributed by atoms with Gasteiger partial charge in [0.25, 0.3) is 0 Å². The second-order valence-electron chi connectivity index (χ2n) is 4.66. The fourth-order valence-corrected chi connectivity index (χ4v) is 3.02. The van der Waals surface area contributed by atoms with Crippen LogP contribution in [-0.2, 0) is 12.6 Å². The molecule has 0 aliphatic carbocycles. The second-order valence-corrected chi connectivity index (χ2v) is 6.42. The first-order valence-electron chi connectivity index (χ1n) is 6.17. The van der Waals surface area contributed by atoms with E-state index in [1.165, 1.54) is 10.9 Å². The van der Waals surface area contributed by atoms with Crippen molar-refractivity contribution in [3.8, 4) is 0 Å². The van der Waals surface area contributed by atoms with Crippen molar-refractivity contribution in [2.45, 2.75) is 32.5 Å². The van der Waals surface area contributed by atoms with Gasteiger partial charge in [-0.05, 0) is 26.0 Å². The third kappa shape index (κ3) is 4.57. The van der Waals surface area contributed by atoms with E-state index in [1.54, 1.807) is 11.3 Å². The first-order chi connectivity index (χ1) is 9.74.